The van der Waals surface area contributed by atoms with Crippen molar-refractivity contribution >= 4 is 93.2 Å². The molecule has 4 nitrogen and oxygen atoms in total. The molecule has 3 N–H and O–H groups in total. The second-order valence-corrected chi connectivity index (χ2v) is 1.54. The molecule has 0 bridgehead atoms. The topological polar surface area (TPSA) is 77.8 Å². The average Bonchev–Trinajstić information content (AvgIpc) is 0.722. The Morgan fingerprint density at radius 1 is 1.00 bits per heavy atom. The molecule has 0 aromatic rings. The molecule has 0 spiro atoms. The zero-order chi connectivity index (χ0) is 4.50. The van der Waals surface area contributed by atoms with E-state index in [9.17, 15) is 0 Å². The van der Waals surface area contributed by atoms with Crippen LogP contribution in [0, 0.1) is 0 Å². The molecule has 0 aliphatic carbocycles. The summed E-state index contributed by atoms with van der Waals surface area (Å²) in [6, 6.07) is 0. The molecule has 0 saturated heterocycles. The molecule has 0 rings (SSSR count). The first-order valence-electron chi connectivity index (χ1n) is 0.783. The van der Waals surface area contributed by atoms with E-state index in [4.69, 9.17) is 19.2 Å². The van der Waals surface area contributed by atoms with E-state index < -0.39 is 7.82 Å². The molecule has 8 heteroatoms. The normalized spacial score (nSPS) is 7.38. The van der Waals surface area contributed by atoms with Crippen molar-refractivity contribution in [1.29, 1.82) is 0 Å². The minimum atomic E-state index is -4.64. The number of phosphoric acid groups is 1. The third-order valence-electron chi connectivity index (χ3n) is 0. The quantitative estimate of drug-likeness (QED) is 0.304. The third-order valence-corrected chi connectivity index (χ3v) is 0. The molecule has 0 heterocycles. The second-order valence-electron chi connectivity index (χ2n) is 0.513. The van der Waals surface area contributed by atoms with Gasteiger partial charge in [-0.3, -0.25) is 0 Å². The first-order chi connectivity index (χ1) is 2.00. The van der Waals surface area contributed by atoms with Crippen molar-refractivity contribution in [3.8, 4) is 0 Å². The molecular weight excluding hydrogens is 206 g/mol. The Morgan fingerprint density at radius 2 is 1.00 bits per heavy atom. The molecule has 0 aromatic heterocycles. The number of rotatable bonds is 0. The Morgan fingerprint density at radius 3 is 1.00 bits per heavy atom. The van der Waals surface area contributed by atoms with Gasteiger partial charge in [0.25, 0.3) is 0 Å². The van der Waals surface area contributed by atoms with E-state index in [1.165, 1.54) is 0 Å². The number of hydrogen-bond acceptors (Lipinski definition) is 1. The SMILES string of the molecule is O=P(O)(O)O.P.[CaH2].[CaH2]. The first-order valence-corrected chi connectivity index (χ1v) is 2.35. The summed E-state index contributed by atoms with van der Waals surface area (Å²) >= 11 is 0. The molecule has 0 aliphatic heterocycles. The summed E-state index contributed by atoms with van der Waals surface area (Å²) in [4.78, 5) is 21.6. The molecular formula is H10Ca2O4P2. The Labute approximate surface area is 110 Å². The van der Waals surface area contributed by atoms with Gasteiger partial charge in [-0.05, 0) is 0 Å². The Hall–Kier alpha value is 3.06. The Bertz CT molecular complexity index is 58.2. The zero-order valence-corrected chi connectivity index (χ0v) is 5.21. The molecule has 0 aromatic carbocycles. The predicted octanol–water partition coefficient (Wildman–Crippen LogP) is -2.70. The average molecular weight is 216 g/mol. The molecule has 8 heavy (non-hydrogen) atoms. The van der Waals surface area contributed by atoms with Crippen molar-refractivity contribution in [2.24, 2.45) is 0 Å². The molecule has 0 fully saturated rings. The van der Waals surface area contributed by atoms with Gasteiger partial charge in [-0.2, -0.15) is 9.90 Å². The van der Waals surface area contributed by atoms with Crippen LogP contribution in [0.5, 0.6) is 0 Å². The van der Waals surface area contributed by atoms with E-state index in [1.807, 2.05) is 0 Å². The van der Waals surface area contributed by atoms with Gasteiger partial charge in [0.1, 0.15) is 0 Å². The summed E-state index contributed by atoms with van der Waals surface area (Å²) in [5, 5.41) is 0. The first kappa shape index (κ1) is 22.5. The molecule has 0 saturated carbocycles. The van der Waals surface area contributed by atoms with Gasteiger partial charge in [-0.15, -0.1) is 0 Å². The molecule has 1 unspecified atom stereocenters. The van der Waals surface area contributed by atoms with Gasteiger partial charge in [0.05, 0.1) is 0 Å². The summed E-state index contributed by atoms with van der Waals surface area (Å²) in [6.45, 7) is 0. The summed E-state index contributed by atoms with van der Waals surface area (Å²) in [5.41, 5.74) is 0. The van der Waals surface area contributed by atoms with Crippen LogP contribution in [0.2, 0.25) is 0 Å². The maximum atomic E-state index is 8.88. The van der Waals surface area contributed by atoms with Crippen LogP contribution in [0.1, 0.15) is 0 Å². The van der Waals surface area contributed by atoms with Gasteiger partial charge in [-0.25, -0.2) is 4.57 Å². The van der Waals surface area contributed by atoms with E-state index in [0.717, 1.165) is 0 Å². The summed E-state index contributed by atoms with van der Waals surface area (Å²) in [7, 11) is -4.64. The van der Waals surface area contributed by atoms with Gasteiger partial charge in [-0.1, -0.05) is 0 Å². The van der Waals surface area contributed by atoms with Crippen LogP contribution < -0.4 is 0 Å². The van der Waals surface area contributed by atoms with Crippen LogP contribution in [0.15, 0.2) is 0 Å². The maximum absolute atomic E-state index is 8.88. The van der Waals surface area contributed by atoms with Crippen molar-refractivity contribution in [2.45, 2.75) is 0 Å². The van der Waals surface area contributed by atoms with Crippen LogP contribution in [0.25, 0.3) is 0 Å². The molecule has 48 valence electrons. The molecule has 0 aliphatic rings. The standard InChI is InChI=1S/2Ca.H3O4P.H3P.4H/c;;1-5(2,3)4;;;;;/h;;(H3,1,2,3,4);1H3;;;;. The fourth-order valence-electron chi connectivity index (χ4n) is 0. The van der Waals surface area contributed by atoms with Crippen molar-refractivity contribution in [3.05, 3.63) is 0 Å². The van der Waals surface area contributed by atoms with Crippen LogP contribution in [-0.2, 0) is 4.57 Å². The fraction of sp³-hybridized carbons (Fsp3) is 0. The van der Waals surface area contributed by atoms with Crippen molar-refractivity contribution in [3.63, 3.8) is 0 Å². The minimum absolute atomic E-state index is 0. The van der Waals surface area contributed by atoms with Gasteiger partial charge >= 0.3 is 83.3 Å². The van der Waals surface area contributed by atoms with E-state index >= 15 is 0 Å². The number of hydrogen-bond donors (Lipinski definition) is 3. The van der Waals surface area contributed by atoms with Gasteiger partial charge in [0, 0.05) is 0 Å². The van der Waals surface area contributed by atoms with Gasteiger partial charge < -0.3 is 14.7 Å². The summed E-state index contributed by atoms with van der Waals surface area (Å²) in [6.07, 6.45) is 0. The second kappa shape index (κ2) is 10.1. The van der Waals surface area contributed by atoms with Crippen molar-refractivity contribution in [2.75, 3.05) is 0 Å². The van der Waals surface area contributed by atoms with Crippen molar-refractivity contribution < 1.29 is 19.2 Å². The molecule has 1 atom stereocenters. The summed E-state index contributed by atoms with van der Waals surface area (Å²) in [5.74, 6) is 0. The van der Waals surface area contributed by atoms with E-state index in [-0.39, 0.29) is 85.4 Å². The van der Waals surface area contributed by atoms with E-state index in [2.05, 4.69) is 0 Å². The monoisotopic (exact) mass is 216 g/mol. The Balaban J connectivity index is -0.0000000267. The van der Waals surface area contributed by atoms with Gasteiger partial charge in [0.2, 0.25) is 0 Å². The Kier molecular flexibility index (Phi) is 28.2. The van der Waals surface area contributed by atoms with Gasteiger partial charge in [0.15, 0.2) is 0 Å². The van der Waals surface area contributed by atoms with Crippen LogP contribution in [0.4, 0.5) is 0 Å². The third kappa shape index (κ3) is 62.9. The van der Waals surface area contributed by atoms with Crippen LogP contribution in [-0.4, -0.2) is 90.2 Å². The van der Waals surface area contributed by atoms with E-state index in [1.54, 1.807) is 0 Å². The van der Waals surface area contributed by atoms with Crippen LogP contribution in [0.3, 0.4) is 0 Å². The summed E-state index contributed by atoms with van der Waals surface area (Å²) < 4.78 is 8.88. The molecule has 0 radical (unpaired) electrons. The van der Waals surface area contributed by atoms with Crippen molar-refractivity contribution in [1.82, 2.24) is 0 Å². The van der Waals surface area contributed by atoms with Crippen LogP contribution >= 0.6 is 17.7 Å². The van der Waals surface area contributed by atoms with E-state index in [0.29, 0.717) is 0 Å². The predicted molar refractivity (Wildman–Crippen MR) is 42.5 cm³/mol. The fourth-order valence-corrected chi connectivity index (χ4v) is 0. The molecule has 0 amide bonds. The zero-order valence-electron chi connectivity index (χ0n) is 2.90.